The third kappa shape index (κ3) is 6.26. The van der Waals surface area contributed by atoms with E-state index in [-0.39, 0.29) is 30.3 Å². The third-order valence-electron chi connectivity index (χ3n) is 2.64. The van der Waals surface area contributed by atoms with Gasteiger partial charge >= 0.3 is 11.9 Å². The minimum Gasteiger partial charge on any atom is -0.466 e. The van der Waals surface area contributed by atoms with E-state index in [1.165, 1.54) is 0 Å². The molecule has 0 saturated heterocycles. The van der Waals surface area contributed by atoms with Gasteiger partial charge in [0.05, 0.1) is 19.1 Å². The normalized spacial score (nSPS) is 13.9. The second kappa shape index (κ2) is 8.98. The summed E-state index contributed by atoms with van der Waals surface area (Å²) in [6.07, 6.45) is 0.893. The molecule has 0 saturated carbocycles. The molecule has 0 radical (unpaired) electrons. The molecule has 0 aliphatic carbocycles. The topological polar surface area (TPSA) is 78.6 Å². The van der Waals surface area contributed by atoms with Crippen molar-refractivity contribution >= 4 is 11.9 Å². The predicted molar refractivity (Wildman–Crippen MR) is 64.2 cm³/mol. The largest absolute Gasteiger partial charge is 0.466 e. The van der Waals surface area contributed by atoms with Crippen LogP contribution in [0.25, 0.3) is 0 Å². The van der Waals surface area contributed by atoms with Gasteiger partial charge in [0.1, 0.15) is 0 Å². The Morgan fingerprint density at radius 1 is 1.18 bits per heavy atom. The van der Waals surface area contributed by atoms with Crippen molar-refractivity contribution in [3.05, 3.63) is 0 Å². The summed E-state index contributed by atoms with van der Waals surface area (Å²) < 4.78 is 9.76. The number of ether oxygens (including phenoxy) is 2. The van der Waals surface area contributed by atoms with Crippen molar-refractivity contribution in [3.63, 3.8) is 0 Å². The maximum Gasteiger partial charge on any atom is 0.310 e. The van der Waals surface area contributed by atoms with Gasteiger partial charge in [-0.05, 0) is 26.2 Å². The van der Waals surface area contributed by atoms with E-state index in [1.54, 1.807) is 13.8 Å². The molecule has 5 nitrogen and oxygen atoms in total. The van der Waals surface area contributed by atoms with E-state index in [1.807, 2.05) is 6.92 Å². The van der Waals surface area contributed by atoms with Crippen LogP contribution < -0.4 is 5.73 Å². The summed E-state index contributed by atoms with van der Waals surface area (Å²) in [6.45, 7) is 6.39. The summed E-state index contributed by atoms with van der Waals surface area (Å²) in [7, 11) is 0. The van der Waals surface area contributed by atoms with E-state index in [0.717, 1.165) is 0 Å². The van der Waals surface area contributed by atoms with Gasteiger partial charge in [0.15, 0.2) is 0 Å². The Hall–Kier alpha value is -1.10. The highest BCUT2D eigenvalue weighted by atomic mass is 16.5. The monoisotopic (exact) mass is 245 g/mol. The number of carbonyl (C=O) groups is 2. The highest BCUT2D eigenvalue weighted by molar-refractivity contribution is 5.73. The van der Waals surface area contributed by atoms with Crippen molar-refractivity contribution in [2.45, 2.75) is 33.6 Å². The van der Waals surface area contributed by atoms with E-state index in [9.17, 15) is 9.59 Å². The zero-order valence-electron chi connectivity index (χ0n) is 10.9. The number of esters is 2. The van der Waals surface area contributed by atoms with Gasteiger partial charge in [0.2, 0.25) is 0 Å². The SMILES string of the molecule is CCOC(=O)CCC(C)C(CN)C(=O)OCC. The van der Waals surface area contributed by atoms with Gasteiger partial charge < -0.3 is 15.2 Å². The molecule has 0 aromatic rings. The van der Waals surface area contributed by atoms with Crippen LogP contribution in [0.1, 0.15) is 33.6 Å². The van der Waals surface area contributed by atoms with Crippen LogP contribution in [0, 0.1) is 11.8 Å². The smallest absolute Gasteiger partial charge is 0.310 e. The van der Waals surface area contributed by atoms with Gasteiger partial charge in [-0.3, -0.25) is 9.59 Å². The second-order valence-corrected chi connectivity index (χ2v) is 3.92. The minimum absolute atomic E-state index is 0.0171. The maximum absolute atomic E-state index is 11.6. The first-order valence-electron chi connectivity index (χ1n) is 6.09. The van der Waals surface area contributed by atoms with Crippen molar-refractivity contribution in [2.24, 2.45) is 17.6 Å². The molecular formula is C12H23NO4. The van der Waals surface area contributed by atoms with Crippen molar-refractivity contribution in [1.82, 2.24) is 0 Å². The lowest BCUT2D eigenvalue weighted by molar-refractivity contribution is -0.150. The molecule has 2 N–H and O–H groups in total. The van der Waals surface area contributed by atoms with Gasteiger partial charge in [0.25, 0.3) is 0 Å². The van der Waals surface area contributed by atoms with Crippen LogP contribution in [-0.2, 0) is 19.1 Å². The van der Waals surface area contributed by atoms with E-state index in [4.69, 9.17) is 15.2 Å². The molecule has 2 unspecified atom stereocenters. The van der Waals surface area contributed by atoms with Crippen molar-refractivity contribution < 1.29 is 19.1 Å². The van der Waals surface area contributed by atoms with Crippen LogP contribution in [0.5, 0.6) is 0 Å². The minimum atomic E-state index is -0.343. The van der Waals surface area contributed by atoms with Gasteiger partial charge in [-0.1, -0.05) is 6.92 Å². The van der Waals surface area contributed by atoms with Crippen LogP contribution in [-0.4, -0.2) is 31.7 Å². The van der Waals surface area contributed by atoms with Gasteiger partial charge in [-0.15, -0.1) is 0 Å². The molecule has 0 aliphatic heterocycles. The summed E-state index contributed by atoms with van der Waals surface area (Å²) in [5.74, 6) is -0.849. The average molecular weight is 245 g/mol. The number of carbonyl (C=O) groups excluding carboxylic acids is 2. The molecule has 0 aliphatic rings. The first-order chi connectivity index (χ1) is 8.06. The fraction of sp³-hybridized carbons (Fsp3) is 0.833. The molecule has 0 aromatic heterocycles. The van der Waals surface area contributed by atoms with Crippen molar-refractivity contribution in [3.8, 4) is 0 Å². The molecule has 0 fully saturated rings. The molecule has 17 heavy (non-hydrogen) atoms. The molecule has 0 bridgehead atoms. The van der Waals surface area contributed by atoms with E-state index < -0.39 is 0 Å². The lowest BCUT2D eigenvalue weighted by Gasteiger charge is -2.20. The lowest BCUT2D eigenvalue weighted by atomic mass is 9.90. The van der Waals surface area contributed by atoms with Gasteiger partial charge in [-0.25, -0.2) is 0 Å². The number of hydrogen-bond donors (Lipinski definition) is 1. The summed E-state index contributed by atoms with van der Waals surface area (Å²) in [5.41, 5.74) is 5.55. The molecule has 0 aromatic carbocycles. The van der Waals surface area contributed by atoms with Gasteiger partial charge in [-0.2, -0.15) is 0 Å². The number of nitrogens with two attached hydrogens (primary N) is 1. The van der Waals surface area contributed by atoms with Crippen LogP contribution in [0.4, 0.5) is 0 Å². The summed E-state index contributed by atoms with van der Waals surface area (Å²) in [6, 6.07) is 0. The molecule has 0 heterocycles. The Labute approximate surface area is 103 Å². The van der Waals surface area contributed by atoms with E-state index in [0.29, 0.717) is 26.1 Å². The van der Waals surface area contributed by atoms with E-state index >= 15 is 0 Å². The summed E-state index contributed by atoms with van der Waals surface area (Å²) in [4.78, 5) is 22.8. The molecule has 2 atom stereocenters. The van der Waals surface area contributed by atoms with Crippen molar-refractivity contribution in [1.29, 1.82) is 0 Å². The Kier molecular flexibility index (Phi) is 8.40. The quantitative estimate of drug-likeness (QED) is 0.648. The fourth-order valence-electron chi connectivity index (χ4n) is 1.59. The van der Waals surface area contributed by atoms with Gasteiger partial charge in [0, 0.05) is 13.0 Å². The third-order valence-corrected chi connectivity index (χ3v) is 2.64. The maximum atomic E-state index is 11.6. The molecule has 100 valence electrons. The Balaban J connectivity index is 4.12. The number of rotatable bonds is 8. The zero-order valence-corrected chi connectivity index (χ0v) is 10.9. The standard InChI is InChI=1S/C12H23NO4/c1-4-16-11(14)7-6-9(3)10(8-13)12(15)17-5-2/h9-10H,4-8,13H2,1-3H3. The fourth-order valence-corrected chi connectivity index (χ4v) is 1.59. The molecule has 0 spiro atoms. The second-order valence-electron chi connectivity index (χ2n) is 3.92. The predicted octanol–water partition coefficient (Wildman–Crippen LogP) is 1.10. The van der Waals surface area contributed by atoms with Crippen molar-refractivity contribution in [2.75, 3.05) is 19.8 Å². The summed E-state index contributed by atoms with van der Waals surface area (Å²) >= 11 is 0. The average Bonchev–Trinajstić information content (AvgIpc) is 2.28. The van der Waals surface area contributed by atoms with Crippen LogP contribution >= 0.6 is 0 Å². The van der Waals surface area contributed by atoms with Crippen LogP contribution in [0.3, 0.4) is 0 Å². The van der Waals surface area contributed by atoms with Crippen LogP contribution in [0.15, 0.2) is 0 Å². The Morgan fingerprint density at radius 2 is 1.76 bits per heavy atom. The molecule has 5 heteroatoms. The Bertz CT molecular complexity index is 243. The first kappa shape index (κ1) is 15.9. The molecular weight excluding hydrogens is 222 g/mol. The zero-order chi connectivity index (χ0) is 13.3. The lowest BCUT2D eigenvalue weighted by Crippen LogP contribution is -2.31. The number of hydrogen-bond acceptors (Lipinski definition) is 5. The highest BCUT2D eigenvalue weighted by Crippen LogP contribution is 2.18. The molecule has 0 amide bonds. The Morgan fingerprint density at radius 3 is 2.24 bits per heavy atom. The van der Waals surface area contributed by atoms with Crippen LogP contribution in [0.2, 0.25) is 0 Å². The summed E-state index contributed by atoms with van der Waals surface area (Å²) in [5, 5.41) is 0. The molecule has 0 rings (SSSR count). The first-order valence-corrected chi connectivity index (χ1v) is 6.09. The highest BCUT2D eigenvalue weighted by Gasteiger charge is 2.25. The van der Waals surface area contributed by atoms with E-state index in [2.05, 4.69) is 0 Å².